The van der Waals surface area contributed by atoms with E-state index < -0.39 is 27.9 Å². The molecule has 0 aliphatic carbocycles. The van der Waals surface area contributed by atoms with Crippen molar-refractivity contribution in [2.24, 2.45) is 0 Å². The van der Waals surface area contributed by atoms with Crippen molar-refractivity contribution in [2.45, 2.75) is 0 Å². The minimum absolute atomic E-state index is 0.281. The van der Waals surface area contributed by atoms with Crippen LogP contribution in [0.5, 0.6) is 0 Å². The van der Waals surface area contributed by atoms with Crippen molar-refractivity contribution in [1.29, 1.82) is 0 Å². The maximum Gasteiger partial charge on any atom is 0.282 e. The van der Waals surface area contributed by atoms with E-state index in [-0.39, 0.29) is 5.69 Å². The van der Waals surface area contributed by atoms with Crippen LogP contribution in [0.25, 0.3) is 0 Å². The second-order valence-electron chi connectivity index (χ2n) is 4.12. The number of carbonyl (C=O) groups is 2. The summed E-state index contributed by atoms with van der Waals surface area (Å²) in [6.45, 7) is 0. The third kappa shape index (κ3) is 3.27. The van der Waals surface area contributed by atoms with Crippen molar-refractivity contribution in [3.8, 4) is 0 Å². The first kappa shape index (κ1) is 14.3. The van der Waals surface area contributed by atoms with Crippen molar-refractivity contribution in [2.75, 3.05) is 5.32 Å². The molecule has 2 rings (SSSR count). The lowest BCUT2D eigenvalue weighted by Crippen LogP contribution is -2.14. The van der Waals surface area contributed by atoms with Gasteiger partial charge in [-0.05, 0) is 24.3 Å². The number of hydrogen-bond acceptors (Lipinski definition) is 4. The van der Waals surface area contributed by atoms with Crippen LogP contribution in [0.4, 0.5) is 15.8 Å². The van der Waals surface area contributed by atoms with Gasteiger partial charge in [-0.2, -0.15) is 0 Å². The number of nitro benzene ring substituents is 1. The molecule has 0 aliphatic heterocycles. The average molecular weight is 288 g/mol. The van der Waals surface area contributed by atoms with Crippen molar-refractivity contribution < 1.29 is 18.9 Å². The molecule has 0 bridgehead atoms. The van der Waals surface area contributed by atoms with Gasteiger partial charge in [-0.25, -0.2) is 4.39 Å². The van der Waals surface area contributed by atoms with Gasteiger partial charge in [0.25, 0.3) is 11.6 Å². The summed E-state index contributed by atoms with van der Waals surface area (Å²) >= 11 is 0. The molecular formula is C14H9FN2O4. The normalized spacial score (nSPS) is 9.95. The second kappa shape index (κ2) is 5.91. The van der Waals surface area contributed by atoms with Crippen LogP contribution in [-0.2, 0) is 0 Å². The van der Waals surface area contributed by atoms with Gasteiger partial charge in [-0.3, -0.25) is 19.7 Å². The fourth-order valence-electron chi connectivity index (χ4n) is 1.74. The van der Waals surface area contributed by atoms with Gasteiger partial charge < -0.3 is 5.32 Å². The first-order valence-electron chi connectivity index (χ1n) is 5.82. The Kier molecular flexibility index (Phi) is 4.03. The Morgan fingerprint density at radius 1 is 1.24 bits per heavy atom. The molecule has 0 saturated heterocycles. The summed E-state index contributed by atoms with van der Waals surface area (Å²) in [4.78, 5) is 32.8. The summed E-state index contributed by atoms with van der Waals surface area (Å²) in [7, 11) is 0. The van der Waals surface area contributed by atoms with Gasteiger partial charge in [0.05, 0.1) is 4.92 Å². The molecule has 106 valence electrons. The lowest BCUT2D eigenvalue weighted by molar-refractivity contribution is -0.385. The van der Waals surface area contributed by atoms with E-state index >= 15 is 0 Å². The Labute approximate surface area is 118 Å². The van der Waals surface area contributed by atoms with Crippen LogP contribution in [0.3, 0.4) is 0 Å². The number of rotatable bonds is 4. The summed E-state index contributed by atoms with van der Waals surface area (Å²) in [5.41, 5.74) is -0.276. The minimum Gasteiger partial charge on any atom is -0.322 e. The molecular weight excluding hydrogens is 279 g/mol. The van der Waals surface area contributed by atoms with Gasteiger partial charge in [0.1, 0.15) is 17.7 Å². The van der Waals surface area contributed by atoms with Gasteiger partial charge in [0, 0.05) is 17.3 Å². The number of nitrogens with one attached hydrogen (secondary N) is 1. The molecule has 0 aromatic heterocycles. The molecule has 0 unspecified atom stereocenters. The molecule has 0 fully saturated rings. The molecule has 2 aromatic carbocycles. The summed E-state index contributed by atoms with van der Waals surface area (Å²) < 4.78 is 13.2. The number of aldehydes is 1. The lowest BCUT2D eigenvalue weighted by Gasteiger charge is -2.06. The molecule has 21 heavy (non-hydrogen) atoms. The number of halogens is 1. The zero-order valence-corrected chi connectivity index (χ0v) is 10.6. The fraction of sp³-hybridized carbons (Fsp3) is 0. The third-order valence-corrected chi connectivity index (χ3v) is 2.68. The van der Waals surface area contributed by atoms with E-state index in [4.69, 9.17) is 0 Å². The molecule has 0 heterocycles. The van der Waals surface area contributed by atoms with Gasteiger partial charge in [-0.1, -0.05) is 12.1 Å². The zero-order chi connectivity index (χ0) is 15.4. The number of nitrogens with zero attached hydrogens (tertiary/aromatic N) is 1. The Morgan fingerprint density at radius 2 is 2.00 bits per heavy atom. The first-order valence-corrected chi connectivity index (χ1v) is 5.82. The number of nitro groups is 1. The quantitative estimate of drug-likeness (QED) is 0.532. The third-order valence-electron chi connectivity index (χ3n) is 2.68. The first-order chi connectivity index (χ1) is 10.0. The maximum atomic E-state index is 13.2. The van der Waals surface area contributed by atoms with Gasteiger partial charge >= 0.3 is 0 Å². The number of hydrogen-bond donors (Lipinski definition) is 1. The molecule has 2 aromatic rings. The molecule has 0 spiro atoms. The summed E-state index contributed by atoms with van der Waals surface area (Å²) in [5.74, 6) is -1.59. The van der Waals surface area contributed by atoms with E-state index in [1.165, 1.54) is 18.2 Å². The Hall–Kier alpha value is -3.09. The fourth-order valence-corrected chi connectivity index (χ4v) is 1.74. The van der Waals surface area contributed by atoms with E-state index in [1.54, 1.807) is 6.07 Å². The highest BCUT2D eigenvalue weighted by atomic mass is 19.1. The van der Waals surface area contributed by atoms with E-state index in [2.05, 4.69) is 5.32 Å². The maximum absolute atomic E-state index is 13.2. The summed E-state index contributed by atoms with van der Waals surface area (Å²) in [6, 6.07) is 8.60. The Bertz CT molecular complexity index is 731. The molecule has 1 amide bonds. The SMILES string of the molecule is O=Cc1cccc(NC(=O)c2cc(F)ccc2[N+](=O)[O-])c1. The largest absolute Gasteiger partial charge is 0.322 e. The van der Waals surface area contributed by atoms with Crippen LogP contribution in [0.15, 0.2) is 42.5 Å². The highest BCUT2D eigenvalue weighted by molar-refractivity contribution is 6.07. The molecule has 1 N–H and O–H groups in total. The number of carbonyl (C=O) groups excluding carboxylic acids is 2. The predicted molar refractivity (Wildman–Crippen MR) is 72.8 cm³/mol. The van der Waals surface area contributed by atoms with E-state index in [0.717, 1.165) is 18.2 Å². The van der Waals surface area contributed by atoms with Gasteiger partial charge in [0.2, 0.25) is 0 Å². The van der Waals surface area contributed by atoms with Gasteiger partial charge in [0.15, 0.2) is 0 Å². The van der Waals surface area contributed by atoms with Crippen molar-refractivity contribution in [3.63, 3.8) is 0 Å². The molecule has 7 heteroatoms. The van der Waals surface area contributed by atoms with Crippen LogP contribution in [0.1, 0.15) is 20.7 Å². The lowest BCUT2D eigenvalue weighted by atomic mass is 10.1. The Balaban J connectivity index is 2.33. The number of benzene rings is 2. The average Bonchev–Trinajstić information content (AvgIpc) is 2.47. The molecule has 0 aliphatic rings. The van der Waals surface area contributed by atoms with Gasteiger partial charge in [-0.15, -0.1) is 0 Å². The van der Waals surface area contributed by atoms with Crippen LogP contribution in [-0.4, -0.2) is 17.1 Å². The van der Waals surface area contributed by atoms with E-state index in [0.29, 0.717) is 11.8 Å². The van der Waals surface area contributed by atoms with Crippen molar-refractivity contribution >= 4 is 23.6 Å². The summed E-state index contributed by atoms with van der Waals surface area (Å²) in [6.07, 6.45) is 0.598. The topological polar surface area (TPSA) is 89.3 Å². The number of anilines is 1. The number of amides is 1. The standard InChI is InChI=1S/C14H9FN2O4/c15-10-4-5-13(17(20)21)12(7-10)14(19)16-11-3-1-2-9(6-11)8-18/h1-8H,(H,16,19). The molecule has 0 radical (unpaired) electrons. The summed E-state index contributed by atoms with van der Waals surface area (Å²) in [5, 5.41) is 13.2. The van der Waals surface area contributed by atoms with Crippen molar-refractivity contribution in [1.82, 2.24) is 0 Å². The van der Waals surface area contributed by atoms with Crippen LogP contribution >= 0.6 is 0 Å². The van der Waals surface area contributed by atoms with Crippen LogP contribution in [0, 0.1) is 15.9 Å². The smallest absolute Gasteiger partial charge is 0.282 e. The highest BCUT2D eigenvalue weighted by Gasteiger charge is 2.21. The molecule has 0 saturated carbocycles. The van der Waals surface area contributed by atoms with Crippen molar-refractivity contribution in [3.05, 3.63) is 69.5 Å². The Morgan fingerprint density at radius 3 is 2.67 bits per heavy atom. The highest BCUT2D eigenvalue weighted by Crippen LogP contribution is 2.21. The van der Waals surface area contributed by atoms with E-state index in [1.807, 2.05) is 0 Å². The minimum atomic E-state index is -0.829. The van der Waals surface area contributed by atoms with Crippen LogP contribution < -0.4 is 5.32 Å². The zero-order valence-electron chi connectivity index (χ0n) is 10.6. The van der Waals surface area contributed by atoms with Crippen LogP contribution in [0.2, 0.25) is 0 Å². The molecule has 0 atom stereocenters. The monoisotopic (exact) mass is 288 g/mol. The van der Waals surface area contributed by atoms with E-state index in [9.17, 15) is 24.1 Å². The predicted octanol–water partition coefficient (Wildman–Crippen LogP) is 2.80. The molecule has 6 nitrogen and oxygen atoms in total. The second-order valence-corrected chi connectivity index (χ2v) is 4.12.